The third-order valence-corrected chi connectivity index (χ3v) is 6.83. The number of rotatable bonds is 7. The Morgan fingerprint density at radius 3 is 2.48 bits per heavy atom. The van der Waals surface area contributed by atoms with Crippen LogP contribution in [0.3, 0.4) is 0 Å². The molecule has 3 aliphatic heterocycles. The fourth-order valence-electron chi connectivity index (χ4n) is 4.87. The van der Waals surface area contributed by atoms with Crippen LogP contribution in [0.15, 0.2) is 65.4 Å². The van der Waals surface area contributed by atoms with Gasteiger partial charge in [-0.1, -0.05) is 30.3 Å². The summed E-state index contributed by atoms with van der Waals surface area (Å²) in [6.07, 6.45) is 6.58. The summed E-state index contributed by atoms with van der Waals surface area (Å²) in [4.78, 5) is 42.8. The topological polar surface area (TPSA) is 77.3 Å². The number of hydrogen-bond donors (Lipinski definition) is 0. The average molecular weight is 448 g/mol. The van der Waals surface area contributed by atoms with Crippen molar-refractivity contribution in [3.05, 3.63) is 66.0 Å². The molecule has 2 atom stereocenters. The maximum absolute atomic E-state index is 13.6. The number of imidazole rings is 1. The third-order valence-electron chi connectivity index (χ3n) is 6.83. The number of amides is 3. The smallest absolute Gasteiger partial charge is 0.328 e. The number of aromatic nitrogens is 2. The summed E-state index contributed by atoms with van der Waals surface area (Å²) in [5.74, 6) is 0.591. The van der Waals surface area contributed by atoms with E-state index in [9.17, 15) is 9.59 Å². The first-order chi connectivity index (χ1) is 16.0. The van der Waals surface area contributed by atoms with Crippen LogP contribution >= 0.6 is 0 Å². The molecule has 3 amide bonds. The van der Waals surface area contributed by atoms with Crippen LogP contribution < -0.4 is 0 Å². The number of carbonyl (C=O) groups is 2. The standard InChI is InChI=1S/C24H29N7O2/c1-17-18(2)31-20-21(26-23(31)29(17)13-7-12-28-15-11-25-16-28)27(3)24(33)30(22(20)32)14-10-19-8-5-4-6-9-19/h4-6,8-9,11,15-16,20-21H,7,10,12-14H2,1-3H3. The van der Waals surface area contributed by atoms with Gasteiger partial charge in [0.1, 0.15) is 0 Å². The zero-order valence-electron chi connectivity index (χ0n) is 19.3. The molecular weight excluding hydrogens is 418 g/mol. The maximum Gasteiger partial charge on any atom is 0.328 e. The fourth-order valence-corrected chi connectivity index (χ4v) is 4.87. The highest BCUT2D eigenvalue weighted by Crippen LogP contribution is 2.37. The van der Waals surface area contributed by atoms with Gasteiger partial charge in [0, 0.05) is 50.5 Å². The molecule has 2 aromatic rings. The van der Waals surface area contributed by atoms with Crippen molar-refractivity contribution in [2.75, 3.05) is 20.1 Å². The number of hydrogen-bond acceptors (Lipinski definition) is 6. The molecule has 172 valence electrons. The van der Waals surface area contributed by atoms with Crippen molar-refractivity contribution in [1.82, 2.24) is 29.2 Å². The molecule has 0 saturated carbocycles. The Morgan fingerprint density at radius 1 is 0.970 bits per heavy atom. The summed E-state index contributed by atoms with van der Waals surface area (Å²) in [6.45, 7) is 6.08. The third kappa shape index (κ3) is 3.57. The zero-order valence-corrected chi connectivity index (χ0v) is 19.3. The van der Waals surface area contributed by atoms with Crippen LogP contribution in [0.1, 0.15) is 25.8 Å². The molecule has 9 nitrogen and oxygen atoms in total. The van der Waals surface area contributed by atoms with Crippen molar-refractivity contribution >= 4 is 17.9 Å². The molecule has 1 fully saturated rings. The van der Waals surface area contributed by atoms with Crippen molar-refractivity contribution in [2.24, 2.45) is 4.99 Å². The molecule has 2 unspecified atom stereocenters. The lowest BCUT2D eigenvalue weighted by Crippen LogP contribution is -2.64. The molecule has 1 aromatic carbocycles. The molecule has 1 aromatic heterocycles. The normalized spacial score (nSPS) is 22.3. The first-order valence-electron chi connectivity index (χ1n) is 11.4. The fraction of sp³-hybridized carbons (Fsp3) is 0.417. The monoisotopic (exact) mass is 447 g/mol. The van der Waals surface area contributed by atoms with Crippen LogP contribution in [-0.4, -0.2) is 79.4 Å². The van der Waals surface area contributed by atoms with E-state index in [1.165, 1.54) is 4.90 Å². The lowest BCUT2D eigenvalue weighted by molar-refractivity contribution is -0.136. The van der Waals surface area contributed by atoms with Crippen molar-refractivity contribution < 1.29 is 9.59 Å². The minimum absolute atomic E-state index is 0.176. The number of allylic oxidation sites excluding steroid dienone is 2. The Balaban J connectivity index is 1.33. The minimum Gasteiger partial charge on any atom is -0.337 e. The summed E-state index contributed by atoms with van der Waals surface area (Å²) >= 11 is 0. The van der Waals surface area contributed by atoms with Crippen LogP contribution in [0.2, 0.25) is 0 Å². The maximum atomic E-state index is 13.6. The number of aryl methyl sites for hydroxylation is 1. The van der Waals surface area contributed by atoms with Gasteiger partial charge in [0.15, 0.2) is 12.2 Å². The van der Waals surface area contributed by atoms with E-state index in [0.29, 0.717) is 13.0 Å². The van der Waals surface area contributed by atoms with Gasteiger partial charge in [-0.2, -0.15) is 0 Å². The van der Waals surface area contributed by atoms with E-state index < -0.39 is 12.2 Å². The summed E-state index contributed by atoms with van der Waals surface area (Å²) in [5.41, 5.74) is 3.22. The molecule has 0 bridgehead atoms. The van der Waals surface area contributed by atoms with Gasteiger partial charge < -0.3 is 14.4 Å². The number of benzene rings is 1. The molecule has 9 heteroatoms. The van der Waals surface area contributed by atoms with Crippen LogP contribution in [-0.2, 0) is 17.8 Å². The number of likely N-dealkylation sites (N-methyl/N-ethyl adjacent to an activating group) is 1. The van der Waals surface area contributed by atoms with E-state index in [2.05, 4.69) is 21.4 Å². The van der Waals surface area contributed by atoms with Crippen LogP contribution in [0, 0.1) is 0 Å². The molecule has 3 aliphatic rings. The van der Waals surface area contributed by atoms with E-state index >= 15 is 0 Å². The van der Waals surface area contributed by atoms with Gasteiger partial charge in [-0.3, -0.25) is 14.6 Å². The Morgan fingerprint density at radius 2 is 1.76 bits per heavy atom. The van der Waals surface area contributed by atoms with Gasteiger partial charge in [-0.05, 0) is 32.3 Å². The minimum atomic E-state index is -0.521. The molecule has 0 aliphatic carbocycles. The van der Waals surface area contributed by atoms with E-state index in [1.54, 1.807) is 18.1 Å². The van der Waals surface area contributed by atoms with Crippen LogP contribution in [0.4, 0.5) is 4.79 Å². The van der Waals surface area contributed by atoms with Crippen molar-refractivity contribution in [2.45, 2.75) is 45.4 Å². The van der Waals surface area contributed by atoms with Gasteiger partial charge in [-0.25, -0.2) is 14.8 Å². The van der Waals surface area contributed by atoms with Crippen molar-refractivity contribution in [3.63, 3.8) is 0 Å². The first-order valence-corrected chi connectivity index (χ1v) is 11.4. The van der Waals surface area contributed by atoms with E-state index in [0.717, 1.165) is 42.4 Å². The van der Waals surface area contributed by atoms with Gasteiger partial charge in [0.25, 0.3) is 5.91 Å². The largest absolute Gasteiger partial charge is 0.337 e. The second-order valence-electron chi connectivity index (χ2n) is 8.75. The number of nitrogens with zero attached hydrogens (tertiary/aromatic N) is 7. The number of aliphatic imine (C=N–C) groups is 1. The number of guanidine groups is 1. The van der Waals surface area contributed by atoms with Gasteiger partial charge in [-0.15, -0.1) is 0 Å². The first kappa shape index (κ1) is 21.2. The Hall–Kier alpha value is -3.62. The van der Waals surface area contributed by atoms with E-state index in [-0.39, 0.29) is 11.9 Å². The molecule has 0 N–H and O–H groups in total. The molecule has 0 radical (unpaired) electrons. The zero-order chi connectivity index (χ0) is 23.1. The number of imide groups is 1. The molecule has 33 heavy (non-hydrogen) atoms. The Kier molecular flexibility index (Phi) is 5.39. The second kappa shape index (κ2) is 8.38. The van der Waals surface area contributed by atoms with Gasteiger partial charge in [0.05, 0.1) is 6.33 Å². The number of urea groups is 1. The number of fused-ring (bicyclic) bond motifs is 3. The van der Waals surface area contributed by atoms with Crippen molar-refractivity contribution in [1.29, 1.82) is 0 Å². The summed E-state index contributed by atoms with van der Waals surface area (Å²) in [7, 11) is 1.74. The van der Waals surface area contributed by atoms with Gasteiger partial charge in [0.2, 0.25) is 5.96 Å². The predicted octanol–water partition coefficient (Wildman–Crippen LogP) is 2.34. The molecule has 4 heterocycles. The highest BCUT2D eigenvalue weighted by molar-refractivity contribution is 6.05. The lowest BCUT2D eigenvalue weighted by Gasteiger charge is -2.40. The molecule has 1 saturated heterocycles. The molecular formula is C24H29N7O2. The van der Waals surface area contributed by atoms with Crippen LogP contribution in [0.5, 0.6) is 0 Å². The quantitative estimate of drug-likeness (QED) is 0.651. The SMILES string of the molecule is CC1=C(C)N2C(=NC3C2C(=O)N(CCc2ccccc2)C(=O)N3C)N1CCCn1ccnc1. The Bertz CT molecular complexity index is 1110. The van der Waals surface area contributed by atoms with Crippen LogP contribution in [0.25, 0.3) is 0 Å². The molecule has 5 rings (SSSR count). The average Bonchev–Trinajstić information content (AvgIpc) is 3.53. The highest BCUT2D eigenvalue weighted by Gasteiger charge is 2.55. The van der Waals surface area contributed by atoms with Gasteiger partial charge >= 0.3 is 6.03 Å². The summed E-state index contributed by atoms with van der Waals surface area (Å²) in [5, 5.41) is 0. The highest BCUT2D eigenvalue weighted by atomic mass is 16.2. The second-order valence-corrected chi connectivity index (χ2v) is 8.75. The van der Waals surface area contributed by atoms with E-state index in [1.807, 2.05) is 54.7 Å². The Labute approximate surface area is 193 Å². The number of carbonyl (C=O) groups excluding carboxylic acids is 2. The van der Waals surface area contributed by atoms with E-state index in [4.69, 9.17) is 4.99 Å². The summed E-state index contributed by atoms with van der Waals surface area (Å²) in [6, 6.07) is 9.12. The molecule has 0 spiro atoms. The lowest BCUT2D eigenvalue weighted by atomic mass is 10.1. The predicted molar refractivity (Wildman–Crippen MR) is 124 cm³/mol. The summed E-state index contributed by atoms with van der Waals surface area (Å²) < 4.78 is 2.05. The van der Waals surface area contributed by atoms with Crippen molar-refractivity contribution in [3.8, 4) is 0 Å².